The first kappa shape index (κ1) is 33.9. The van der Waals surface area contributed by atoms with Crippen LogP contribution < -0.4 is 0 Å². The summed E-state index contributed by atoms with van der Waals surface area (Å²) in [5.74, 6) is 1.78. The first-order valence-corrected chi connectivity index (χ1v) is 20.3. The van der Waals surface area contributed by atoms with Gasteiger partial charge >= 0.3 is 0 Å². The van der Waals surface area contributed by atoms with Crippen LogP contribution in [0.1, 0.15) is 0 Å². The molecular formula is C55H35N5. The SMILES string of the molecule is c1ccc(-c2ccc(-n3c4ccccc4c4ccc5c6ccccc6n(-c6nc(-c7ccccc7)nc(-c7cccc(-c8ccc9ccccc9c8)c7)n6)c5c43)cc2)cc1. The van der Waals surface area contributed by atoms with Crippen molar-refractivity contribution in [2.24, 2.45) is 0 Å². The van der Waals surface area contributed by atoms with E-state index in [1.54, 1.807) is 0 Å². The molecule has 5 nitrogen and oxygen atoms in total. The standard InChI is InChI=1S/C55H35N5/c1-3-14-36(15-4-1)38-28-30-44(31-29-38)59-49-24-11-9-22-45(49)47-32-33-48-46-23-10-12-25-50(46)60(52(48)51(47)59)55-57-53(39-17-5-2-6-18-39)56-54(58-55)43-21-13-20-41(35-43)42-27-26-37-16-7-8-19-40(37)34-42/h1-35H. The maximum Gasteiger partial charge on any atom is 0.238 e. The molecule has 3 heterocycles. The lowest BCUT2D eigenvalue weighted by Crippen LogP contribution is -2.07. The summed E-state index contributed by atoms with van der Waals surface area (Å²) in [5, 5.41) is 7.03. The summed E-state index contributed by atoms with van der Waals surface area (Å²) in [6.07, 6.45) is 0. The highest BCUT2D eigenvalue weighted by Crippen LogP contribution is 2.42. The second kappa shape index (κ2) is 13.8. The molecule has 0 radical (unpaired) electrons. The van der Waals surface area contributed by atoms with Crippen LogP contribution in [0.25, 0.3) is 111 Å². The molecule has 0 aliphatic heterocycles. The average molecular weight is 766 g/mol. The van der Waals surface area contributed by atoms with Gasteiger partial charge in [0.05, 0.1) is 22.1 Å². The molecule has 0 N–H and O–H groups in total. The van der Waals surface area contributed by atoms with Crippen LogP contribution in [0.15, 0.2) is 212 Å². The van der Waals surface area contributed by atoms with Crippen molar-refractivity contribution in [3.63, 3.8) is 0 Å². The van der Waals surface area contributed by atoms with E-state index in [-0.39, 0.29) is 0 Å². The molecule has 0 amide bonds. The van der Waals surface area contributed by atoms with Gasteiger partial charge in [-0.1, -0.05) is 176 Å². The fourth-order valence-electron chi connectivity index (χ4n) is 8.93. The third-order valence-electron chi connectivity index (χ3n) is 11.8. The summed E-state index contributed by atoms with van der Waals surface area (Å²) in [6, 6.07) is 75.1. The highest BCUT2D eigenvalue weighted by molar-refractivity contribution is 6.23. The Morgan fingerprint density at radius 3 is 1.50 bits per heavy atom. The summed E-state index contributed by atoms with van der Waals surface area (Å²) < 4.78 is 4.66. The van der Waals surface area contributed by atoms with E-state index in [9.17, 15) is 0 Å². The largest absolute Gasteiger partial charge is 0.307 e. The van der Waals surface area contributed by atoms with Crippen LogP contribution in [0.5, 0.6) is 0 Å². The van der Waals surface area contributed by atoms with Crippen LogP contribution in [-0.4, -0.2) is 24.1 Å². The van der Waals surface area contributed by atoms with Gasteiger partial charge in [-0.15, -0.1) is 0 Å². The third kappa shape index (κ3) is 5.52. The predicted molar refractivity (Wildman–Crippen MR) is 248 cm³/mol. The number of hydrogen-bond acceptors (Lipinski definition) is 3. The first-order chi connectivity index (χ1) is 29.7. The second-order valence-electron chi connectivity index (χ2n) is 15.3. The molecule has 0 unspecified atom stereocenters. The minimum atomic E-state index is 0.560. The van der Waals surface area contributed by atoms with Crippen molar-refractivity contribution >= 4 is 54.4 Å². The number of hydrogen-bond donors (Lipinski definition) is 0. The van der Waals surface area contributed by atoms with Crippen molar-refractivity contribution in [3.8, 4) is 56.7 Å². The lowest BCUT2D eigenvalue weighted by atomic mass is 9.99. The summed E-state index contributed by atoms with van der Waals surface area (Å²) in [7, 11) is 0. The Bertz CT molecular complexity index is 3580. The van der Waals surface area contributed by atoms with E-state index >= 15 is 0 Å². The van der Waals surface area contributed by atoms with Crippen LogP contribution in [0.3, 0.4) is 0 Å². The molecular weight excluding hydrogens is 731 g/mol. The van der Waals surface area contributed by atoms with E-state index in [1.165, 1.54) is 27.3 Å². The summed E-state index contributed by atoms with van der Waals surface area (Å²) >= 11 is 0. The Labute approximate surface area is 346 Å². The van der Waals surface area contributed by atoms with Crippen LogP contribution in [-0.2, 0) is 0 Å². The van der Waals surface area contributed by atoms with Gasteiger partial charge in [-0.3, -0.25) is 4.57 Å². The minimum Gasteiger partial charge on any atom is -0.307 e. The molecule has 0 atom stereocenters. The quantitative estimate of drug-likeness (QED) is 0.169. The zero-order chi connectivity index (χ0) is 39.6. The molecule has 0 spiro atoms. The molecule has 12 aromatic rings. The van der Waals surface area contributed by atoms with Gasteiger partial charge in [0.15, 0.2) is 11.6 Å². The van der Waals surface area contributed by atoms with Gasteiger partial charge in [-0.25, -0.2) is 4.98 Å². The zero-order valence-corrected chi connectivity index (χ0v) is 32.4. The zero-order valence-electron chi connectivity index (χ0n) is 32.4. The summed E-state index contributed by atoms with van der Waals surface area (Å²) in [6.45, 7) is 0. The summed E-state index contributed by atoms with van der Waals surface area (Å²) in [4.78, 5) is 15.9. The Kier molecular flexibility index (Phi) is 7.78. The molecule has 9 aromatic carbocycles. The van der Waals surface area contributed by atoms with Crippen molar-refractivity contribution in [1.82, 2.24) is 24.1 Å². The second-order valence-corrected chi connectivity index (χ2v) is 15.3. The highest BCUT2D eigenvalue weighted by atomic mass is 15.2. The normalized spacial score (nSPS) is 11.7. The van der Waals surface area contributed by atoms with E-state index in [4.69, 9.17) is 15.0 Å². The van der Waals surface area contributed by atoms with E-state index in [1.807, 2.05) is 18.2 Å². The fourth-order valence-corrected chi connectivity index (χ4v) is 8.93. The van der Waals surface area contributed by atoms with Crippen molar-refractivity contribution in [2.75, 3.05) is 0 Å². The molecule has 0 bridgehead atoms. The number of para-hydroxylation sites is 2. The lowest BCUT2D eigenvalue weighted by molar-refractivity contribution is 0.953. The van der Waals surface area contributed by atoms with Crippen LogP contribution in [0.4, 0.5) is 0 Å². The summed E-state index contributed by atoms with van der Waals surface area (Å²) in [5.41, 5.74) is 11.8. The number of fused-ring (bicyclic) bond motifs is 8. The fraction of sp³-hybridized carbons (Fsp3) is 0. The molecule has 280 valence electrons. The number of nitrogens with zero attached hydrogens (tertiary/aromatic N) is 5. The first-order valence-electron chi connectivity index (χ1n) is 20.3. The van der Waals surface area contributed by atoms with Crippen molar-refractivity contribution in [2.45, 2.75) is 0 Å². The monoisotopic (exact) mass is 765 g/mol. The molecule has 3 aromatic heterocycles. The Morgan fingerprint density at radius 2 is 0.783 bits per heavy atom. The highest BCUT2D eigenvalue weighted by Gasteiger charge is 2.23. The van der Waals surface area contributed by atoms with Crippen molar-refractivity contribution < 1.29 is 0 Å². The number of rotatable bonds is 6. The van der Waals surface area contributed by atoms with Crippen LogP contribution in [0, 0.1) is 0 Å². The van der Waals surface area contributed by atoms with Gasteiger partial charge in [0.25, 0.3) is 0 Å². The lowest BCUT2D eigenvalue weighted by Gasteiger charge is -2.14. The van der Waals surface area contributed by atoms with E-state index in [0.29, 0.717) is 17.6 Å². The molecule has 12 rings (SSSR count). The van der Waals surface area contributed by atoms with Gasteiger partial charge in [0.1, 0.15) is 0 Å². The predicted octanol–water partition coefficient (Wildman–Crippen LogP) is 13.9. The van der Waals surface area contributed by atoms with Gasteiger partial charge in [-0.05, 0) is 69.4 Å². The molecule has 5 heteroatoms. The van der Waals surface area contributed by atoms with Crippen molar-refractivity contribution in [3.05, 3.63) is 212 Å². The molecule has 0 saturated heterocycles. The molecule has 0 fully saturated rings. The molecule has 0 aliphatic carbocycles. The Morgan fingerprint density at radius 1 is 0.283 bits per heavy atom. The van der Waals surface area contributed by atoms with Crippen LogP contribution in [0.2, 0.25) is 0 Å². The minimum absolute atomic E-state index is 0.560. The van der Waals surface area contributed by atoms with Crippen molar-refractivity contribution in [1.29, 1.82) is 0 Å². The topological polar surface area (TPSA) is 48.5 Å². The molecule has 0 saturated carbocycles. The van der Waals surface area contributed by atoms with E-state index in [2.05, 4.69) is 203 Å². The average Bonchev–Trinajstić information content (AvgIpc) is 3.85. The van der Waals surface area contributed by atoms with E-state index < -0.39 is 0 Å². The Hall–Kier alpha value is -8.15. The maximum atomic E-state index is 5.40. The van der Waals surface area contributed by atoms with Gasteiger partial charge in [0.2, 0.25) is 5.95 Å². The number of aromatic nitrogens is 5. The molecule has 0 aliphatic rings. The maximum absolute atomic E-state index is 5.40. The van der Waals surface area contributed by atoms with Gasteiger partial charge < -0.3 is 4.57 Å². The number of benzene rings is 9. The molecule has 60 heavy (non-hydrogen) atoms. The van der Waals surface area contributed by atoms with E-state index in [0.717, 1.165) is 66.2 Å². The van der Waals surface area contributed by atoms with Gasteiger partial charge in [0, 0.05) is 38.4 Å². The smallest absolute Gasteiger partial charge is 0.238 e. The Balaban J connectivity index is 1.13. The third-order valence-corrected chi connectivity index (χ3v) is 11.8. The van der Waals surface area contributed by atoms with Crippen LogP contribution >= 0.6 is 0 Å². The van der Waals surface area contributed by atoms with Gasteiger partial charge in [-0.2, -0.15) is 9.97 Å².